The Bertz CT molecular complexity index is 786. The Hall–Kier alpha value is -1.74. The van der Waals surface area contributed by atoms with E-state index >= 15 is 0 Å². The van der Waals surface area contributed by atoms with Gasteiger partial charge in [0.25, 0.3) is 20.2 Å². The summed E-state index contributed by atoms with van der Waals surface area (Å²) in [5.41, 5.74) is 0. The van der Waals surface area contributed by atoms with Crippen LogP contribution >= 0.6 is 0 Å². The summed E-state index contributed by atoms with van der Waals surface area (Å²) in [4.78, 5) is -0.00932. The second-order valence-corrected chi connectivity index (χ2v) is 8.28. The zero-order valence-corrected chi connectivity index (χ0v) is 14.8. The number of hydrogen-bond donors (Lipinski definition) is 0. The van der Waals surface area contributed by atoms with Crippen molar-refractivity contribution < 1.29 is 25.2 Å². The average Bonchev–Trinajstić information content (AvgIpc) is 2.55. The van der Waals surface area contributed by atoms with E-state index in [1.54, 1.807) is 36.4 Å². The molecule has 24 heavy (non-hydrogen) atoms. The third-order valence-corrected chi connectivity index (χ3v) is 6.09. The molecule has 2 rings (SSSR count). The summed E-state index contributed by atoms with van der Waals surface area (Å²) in [7, 11) is -8.00. The summed E-state index contributed by atoms with van der Waals surface area (Å²) in [6, 6.07) is 15.2. The summed E-state index contributed by atoms with van der Waals surface area (Å²) >= 11 is 0. The molecule has 2 atom stereocenters. The molecule has 0 heterocycles. The van der Waals surface area contributed by atoms with Crippen LogP contribution in [-0.4, -0.2) is 29.0 Å². The molecular weight excluding hydrogens is 352 g/mol. The Morgan fingerprint density at radius 1 is 0.625 bits per heavy atom. The van der Waals surface area contributed by atoms with Gasteiger partial charge in [0, 0.05) is 0 Å². The minimum Gasteiger partial charge on any atom is -0.261 e. The molecule has 0 amide bonds. The van der Waals surface area contributed by atoms with Crippen LogP contribution in [0.2, 0.25) is 0 Å². The fourth-order valence-corrected chi connectivity index (χ4v) is 4.16. The first kappa shape index (κ1) is 18.6. The maximum Gasteiger partial charge on any atom is 0.297 e. The van der Waals surface area contributed by atoms with Crippen LogP contribution in [0.4, 0.5) is 0 Å². The quantitative estimate of drug-likeness (QED) is 0.696. The average molecular weight is 370 g/mol. The number of hydrogen-bond acceptors (Lipinski definition) is 6. The molecular formula is C16H18O6S2. The van der Waals surface area contributed by atoms with E-state index in [2.05, 4.69) is 0 Å². The number of rotatable bonds is 7. The number of benzene rings is 2. The molecule has 0 radical (unpaired) electrons. The zero-order valence-electron chi connectivity index (χ0n) is 13.2. The molecule has 0 aliphatic rings. The van der Waals surface area contributed by atoms with Crippen molar-refractivity contribution in [2.45, 2.75) is 35.8 Å². The zero-order chi connectivity index (χ0) is 17.8. The molecule has 8 heteroatoms. The van der Waals surface area contributed by atoms with Crippen molar-refractivity contribution in [2.75, 3.05) is 0 Å². The van der Waals surface area contributed by atoms with Gasteiger partial charge in [-0.05, 0) is 38.1 Å². The van der Waals surface area contributed by atoms with Gasteiger partial charge in [-0.3, -0.25) is 8.37 Å². The Kier molecular flexibility index (Phi) is 5.76. The maximum absolute atomic E-state index is 12.2. The molecule has 0 bridgehead atoms. The minimum absolute atomic E-state index is 0.00466. The lowest BCUT2D eigenvalue weighted by Gasteiger charge is -2.20. The van der Waals surface area contributed by atoms with E-state index in [0.29, 0.717) is 0 Å². The van der Waals surface area contributed by atoms with Gasteiger partial charge in [-0.2, -0.15) is 16.8 Å². The highest BCUT2D eigenvalue weighted by molar-refractivity contribution is 7.87. The third kappa shape index (κ3) is 4.64. The van der Waals surface area contributed by atoms with E-state index in [-0.39, 0.29) is 9.79 Å². The van der Waals surface area contributed by atoms with Crippen LogP contribution in [0.15, 0.2) is 70.5 Å². The lowest BCUT2D eigenvalue weighted by atomic mass is 10.3. The van der Waals surface area contributed by atoms with Crippen LogP contribution in [0, 0.1) is 0 Å². The lowest BCUT2D eigenvalue weighted by Crippen LogP contribution is -2.30. The fraction of sp³-hybridized carbons (Fsp3) is 0.250. The van der Waals surface area contributed by atoms with Gasteiger partial charge in [0.2, 0.25) is 0 Å². The molecule has 0 spiro atoms. The van der Waals surface area contributed by atoms with Crippen molar-refractivity contribution >= 4 is 20.2 Å². The molecule has 0 aliphatic carbocycles. The topological polar surface area (TPSA) is 86.7 Å². The molecule has 130 valence electrons. The van der Waals surface area contributed by atoms with Gasteiger partial charge in [0.05, 0.1) is 9.79 Å². The highest BCUT2D eigenvalue weighted by atomic mass is 32.2. The Labute approximate surface area is 142 Å². The summed E-state index contributed by atoms with van der Waals surface area (Å²) in [5, 5.41) is 0. The largest absolute Gasteiger partial charge is 0.297 e. The van der Waals surface area contributed by atoms with Gasteiger partial charge in [0.15, 0.2) is 0 Å². The van der Waals surface area contributed by atoms with Crippen molar-refractivity contribution in [2.24, 2.45) is 0 Å². The SMILES string of the molecule is C[C@@H](OS(=O)(=O)c1ccccc1)[C@@H](C)OS(=O)(=O)c1ccccc1. The Morgan fingerprint density at radius 2 is 0.917 bits per heavy atom. The first-order chi connectivity index (χ1) is 11.2. The van der Waals surface area contributed by atoms with Crippen molar-refractivity contribution in [1.82, 2.24) is 0 Å². The molecule has 2 aromatic carbocycles. The summed E-state index contributed by atoms with van der Waals surface area (Å²) in [6.45, 7) is 2.87. The molecule has 2 aromatic rings. The van der Waals surface area contributed by atoms with Crippen molar-refractivity contribution in [3.05, 3.63) is 60.7 Å². The Morgan fingerprint density at radius 3 is 1.21 bits per heavy atom. The molecule has 0 saturated carbocycles. The molecule has 0 N–H and O–H groups in total. The second kappa shape index (κ2) is 7.43. The van der Waals surface area contributed by atoms with Gasteiger partial charge in [-0.15, -0.1) is 0 Å². The summed E-state index contributed by atoms with van der Waals surface area (Å²) < 4.78 is 58.7. The van der Waals surface area contributed by atoms with E-state index < -0.39 is 32.4 Å². The van der Waals surface area contributed by atoms with Crippen LogP contribution in [-0.2, 0) is 28.6 Å². The van der Waals surface area contributed by atoms with Gasteiger partial charge in [-0.1, -0.05) is 36.4 Å². The highest BCUT2D eigenvalue weighted by Gasteiger charge is 2.27. The van der Waals surface area contributed by atoms with Crippen molar-refractivity contribution in [3.63, 3.8) is 0 Å². The van der Waals surface area contributed by atoms with E-state index in [9.17, 15) is 16.8 Å². The van der Waals surface area contributed by atoms with Crippen LogP contribution in [0.1, 0.15) is 13.8 Å². The predicted octanol–water partition coefficient (Wildman–Crippen LogP) is 2.57. The molecule has 0 aromatic heterocycles. The lowest BCUT2D eigenvalue weighted by molar-refractivity contribution is 0.0871. The smallest absolute Gasteiger partial charge is 0.261 e. The minimum atomic E-state index is -4.00. The molecule has 6 nitrogen and oxygen atoms in total. The Balaban J connectivity index is 2.09. The molecule has 0 unspecified atom stereocenters. The first-order valence-corrected chi connectivity index (χ1v) is 10.0. The van der Waals surface area contributed by atoms with Crippen LogP contribution in [0.5, 0.6) is 0 Å². The first-order valence-electron chi connectivity index (χ1n) is 7.19. The molecule has 0 saturated heterocycles. The van der Waals surface area contributed by atoms with E-state index in [1.807, 2.05) is 0 Å². The maximum atomic E-state index is 12.2. The molecule has 0 fully saturated rings. The van der Waals surface area contributed by atoms with Gasteiger partial charge >= 0.3 is 0 Å². The molecule has 0 aliphatic heterocycles. The predicted molar refractivity (Wildman–Crippen MR) is 88.3 cm³/mol. The van der Waals surface area contributed by atoms with E-state index in [0.717, 1.165) is 0 Å². The van der Waals surface area contributed by atoms with Crippen LogP contribution in [0.25, 0.3) is 0 Å². The van der Waals surface area contributed by atoms with Crippen molar-refractivity contribution in [3.8, 4) is 0 Å². The normalized spacial score (nSPS) is 14.9. The van der Waals surface area contributed by atoms with Crippen LogP contribution < -0.4 is 0 Å². The monoisotopic (exact) mass is 370 g/mol. The summed E-state index contributed by atoms with van der Waals surface area (Å²) in [6.07, 6.45) is -1.98. The van der Waals surface area contributed by atoms with Gasteiger partial charge in [-0.25, -0.2) is 0 Å². The standard InChI is InChI=1S/C16H18O6S2/c1-13(21-23(17,18)15-9-5-3-6-10-15)14(2)22-24(19,20)16-11-7-4-8-12-16/h3-14H,1-2H3/t13-,14-/m1/s1. The second-order valence-electron chi connectivity index (χ2n) is 5.14. The highest BCUT2D eigenvalue weighted by Crippen LogP contribution is 2.19. The van der Waals surface area contributed by atoms with Gasteiger partial charge < -0.3 is 0 Å². The fourth-order valence-electron chi connectivity index (χ4n) is 1.84. The van der Waals surface area contributed by atoms with Crippen molar-refractivity contribution in [1.29, 1.82) is 0 Å². The van der Waals surface area contributed by atoms with Crippen LogP contribution in [0.3, 0.4) is 0 Å². The van der Waals surface area contributed by atoms with E-state index in [1.165, 1.54) is 38.1 Å². The third-order valence-electron chi connectivity index (χ3n) is 3.28. The summed E-state index contributed by atoms with van der Waals surface area (Å²) in [5.74, 6) is 0. The van der Waals surface area contributed by atoms with E-state index in [4.69, 9.17) is 8.37 Å². The van der Waals surface area contributed by atoms with Gasteiger partial charge in [0.1, 0.15) is 12.2 Å².